The summed E-state index contributed by atoms with van der Waals surface area (Å²) in [4.78, 5) is 36.5. The fourth-order valence-corrected chi connectivity index (χ4v) is 3.88. The van der Waals surface area contributed by atoms with Crippen molar-refractivity contribution < 1.29 is 19.1 Å². The summed E-state index contributed by atoms with van der Waals surface area (Å²) in [6.07, 6.45) is 1.56. The first-order chi connectivity index (χ1) is 16.4. The smallest absolute Gasteiger partial charge is 0.345 e. The lowest BCUT2D eigenvalue weighted by molar-refractivity contribution is -0.139. The number of amides is 2. The summed E-state index contributed by atoms with van der Waals surface area (Å²) in [6, 6.07) is 18.0. The first-order valence-corrected chi connectivity index (χ1v) is 11.4. The van der Waals surface area contributed by atoms with Gasteiger partial charge in [0.05, 0.1) is 21.3 Å². The van der Waals surface area contributed by atoms with Gasteiger partial charge in [-0.25, -0.2) is 14.4 Å². The molecule has 174 valence electrons. The van der Waals surface area contributed by atoms with Crippen molar-refractivity contribution in [1.82, 2.24) is 5.32 Å². The highest BCUT2D eigenvalue weighted by Crippen LogP contribution is 2.29. The van der Waals surface area contributed by atoms with E-state index >= 15 is 0 Å². The number of benzene rings is 3. The Morgan fingerprint density at radius 3 is 2.21 bits per heavy atom. The maximum Gasteiger partial charge on any atom is 0.345 e. The minimum absolute atomic E-state index is 0.265. The minimum atomic E-state index is -0.671. The number of anilines is 2. The summed E-state index contributed by atoms with van der Waals surface area (Å²) in [5.41, 5.74) is 3.03. The standard InChI is InChI=1S/C25H21Cl2N3O4/c26-19-3-1-4-20(22(19)27)30-25(33)29-18-12-10-16(11-13-18)15-6-8-17(9-7-15)23(31)34-24(32)21-5-2-14-28-21/h1,3-4,6-13,21,28H,2,5,14H2,(H2,29,30,33)/t21-/m1/s1. The quantitative estimate of drug-likeness (QED) is 0.308. The van der Waals surface area contributed by atoms with Crippen LogP contribution in [0.5, 0.6) is 0 Å². The number of urea groups is 1. The van der Waals surface area contributed by atoms with Gasteiger partial charge in [-0.3, -0.25) is 0 Å². The maximum atomic E-state index is 12.3. The number of hydrogen-bond acceptors (Lipinski definition) is 5. The van der Waals surface area contributed by atoms with E-state index in [0.29, 0.717) is 28.4 Å². The van der Waals surface area contributed by atoms with E-state index in [4.69, 9.17) is 27.9 Å². The number of halogens is 2. The van der Waals surface area contributed by atoms with Crippen LogP contribution in [-0.4, -0.2) is 30.6 Å². The number of esters is 2. The van der Waals surface area contributed by atoms with Crippen LogP contribution in [0.15, 0.2) is 66.7 Å². The zero-order chi connectivity index (χ0) is 24.1. The van der Waals surface area contributed by atoms with E-state index in [1.54, 1.807) is 54.6 Å². The third kappa shape index (κ3) is 5.75. The largest absolute Gasteiger partial charge is 0.388 e. The summed E-state index contributed by atoms with van der Waals surface area (Å²) in [5, 5.41) is 9.01. The van der Waals surface area contributed by atoms with Crippen molar-refractivity contribution >= 4 is 52.5 Å². The molecule has 1 atom stereocenters. The van der Waals surface area contributed by atoms with Crippen molar-refractivity contribution in [2.75, 3.05) is 17.2 Å². The zero-order valence-electron chi connectivity index (χ0n) is 17.9. The van der Waals surface area contributed by atoms with Gasteiger partial charge >= 0.3 is 18.0 Å². The van der Waals surface area contributed by atoms with Crippen LogP contribution in [0.25, 0.3) is 11.1 Å². The molecule has 0 unspecified atom stereocenters. The number of rotatable bonds is 5. The number of carbonyl (C=O) groups is 3. The molecular weight excluding hydrogens is 477 g/mol. The summed E-state index contributed by atoms with van der Waals surface area (Å²) in [7, 11) is 0. The Balaban J connectivity index is 1.35. The summed E-state index contributed by atoms with van der Waals surface area (Å²) >= 11 is 12.1. The average molecular weight is 498 g/mol. The van der Waals surface area contributed by atoms with Gasteiger partial charge < -0.3 is 20.7 Å². The van der Waals surface area contributed by atoms with Gasteiger partial charge in [-0.05, 0) is 66.9 Å². The number of carbonyl (C=O) groups excluding carboxylic acids is 3. The molecule has 3 aromatic rings. The second-order valence-corrected chi connectivity index (χ2v) is 8.48. The highest BCUT2D eigenvalue weighted by Gasteiger charge is 2.26. The van der Waals surface area contributed by atoms with E-state index in [9.17, 15) is 14.4 Å². The van der Waals surface area contributed by atoms with Gasteiger partial charge in [0, 0.05) is 5.69 Å². The van der Waals surface area contributed by atoms with Gasteiger partial charge in [0.1, 0.15) is 6.04 Å². The predicted octanol–water partition coefficient (Wildman–Crippen LogP) is 5.74. The van der Waals surface area contributed by atoms with Crippen molar-refractivity contribution in [1.29, 1.82) is 0 Å². The minimum Gasteiger partial charge on any atom is -0.388 e. The van der Waals surface area contributed by atoms with Crippen molar-refractivity contribution in [2.45, 2.75) is 18.9 Å². The lowest BCUT2D eigenvalue weighted by atomic mass is 10.0. The molecule has 0 bridgehead atoms. The second kappa shape index (κ2) is 10.7. The summed E-state index contributed by atoms with van der Waals surface area (Å²) in [5.74, 6) is -1.22. The fraction of sp³-hybridized carbons (Fsp3) is 0.160. The molecule has 3 aromatic carbocycles. The monoisotopic (exact) mass is 497 g/mol. The van der Waals surface area contributed by atoms with E-state index in [0.717, 1.165) is 24.1 Å². The number of hydrogen-bond donors (Lipinski definition) is 3. The Morgan fingerprint density at radius 2 is 1.56 bits per heavy atom. The highest BCUT2D eigenvalue weighted by atomic mass is 35.5. The summed E-state index contributed by atoms with van der Waals surface area (Å²) in [6.45, 7) is 0.748. The average Bonchev–Trinajstić information content (AvgIpc) is 3.38. The molecule has 0 saturated carbocycles. The molecule has 0 aliphatic carbocycles. The third-order valence-electron chi connectivity index (χ3n) is 5.33. The molecule has 1 aliphatic rings. The third-order valence-corrected chi connectivity index (χ3v) is 6.15. The Kier molecular flexibility index (Phi) is 7.47. The molecule has 4 rings (SSSR count). The molecule has 0 aromatic heterocycles. The van der Waals surface area contributed by atoms with Gasteiger partial charge in [0.15, 0.2) is 0 Å². The molecule has 9 heteroatoms. The maximum absolute atomic E-state index is 12.3. The van der Waals surface area contributed by atoms with Crippen LogP contribution < -0.4 is 16.0 Å². The van der Waals surface area contributed by atoms with Crippen LogP contribution in [0.4, 0.5) is 16.2 Å². The molecule has 1 saturated heterocycles. The first-order valence-electron chi connectivity index (χ1n) is 10.6. The van der Waals surface area contributed by atoms with Crippen molar-refractivity contribution in [3.05, 3.63) is 82.3 Å². The molecule has 34 heavy (non-hydrogen) atoms. The molecule has 1 heterocycles. The van der Waals surface area contributed by atoms with Crippen LogP contribution in [-0.2, 0) is 9.53 Å². The second-order valence-electron chi connectivity index (χ2n) is 7.69. The highest BCUT2D eigenvalue weighted by molar-refractivity contribution is 6.44. The lowest BCUT2D eigenvalue weighted by Crippen LogP contribution is -2.33. The predicted molar refractivity (Wildman–Crippen MR) is 132 cm³/mol. The fourth-order valence-electron chi connectivity index (χ4n) is 3.54. The van der Waals surface area contributed by atoms with E-state index in [1.165, 1.54) is 0 Å². The van der Waals surface area contributed by atoms with Gasteiger partial charge in [0.25, 0.3) is 0 Å². The normalized spacial score (nSPS) is 14.9. The Labute approximate surface area is 206 Å². The van der Waals surface area contributed by atoms with E-state index in [1.807, 2.05) is 12.1 Å². The van der Waals surface area contributed by atoms with Crippen LogP contribution in [0.1, 0.15) is 23.2 Å². The van der Waals surface area contributed by atoms with E-state index in [-0.39, 0.29) is 5.02 Å². The van der Waals surface area contributed by atoms with E-state index in [2.05, 4.69) is 16.0 Å². The summed E-state index contributed by atoms with van der Waals surface area (Å²) < 4.78 is 4.97. The molecule has 3 N–H and O–H groups in total. The van der Waals surface area contributed by atoms with Crippen LogP contribution >= 0.6 is 23.2 Å². The van der Waals surface area contributed by atoms with Crippen molar-refractivity contribution in [3.8, 4) is 11.1 Å². The van der Waals surface area contributed by atoms with Crippen LogP contribution in [0.3, 0.4) is 0 Å². The molecule has 0 spiro atoms. The first kappa shape index (κ1) is 23.8. The molecule has 1 fully saturated rings. The zero-order valence-corrected chi connectivity index (χ0v) is 19.5. The Morgan fingerprint density at radius 1 is 0.882 bits per heavy atom. The molecule has 2 amide bonds. The molecule has 7 nitrogen and oxygen atoms in total. The van der Waals surface area contributed by atoms with Crippen LogP contribution in [0, 0.1) is 0 Å². The van der Waals surface area contributed by atoms with Gasteiger partial charge in [-0.1, -0.05) is 53.5 Å². The van der Waals surface area contributed by atoms with E-state index < -0.39 is 24.0 Å². The Bertz CT molecular complexity index is 1210. The topological polar surface area (TPSA) is 96.5 Å². The SMILES string of the molecule is O=C(Nc1ccc(-c2ccc(C(=O)OC(=O)[C@H]3CCCN3)cc2)cc1)Nc1cccc(Cl)c1Cl. The lowest BCUT2D eigenvalue weighted by Gasteiger charge is -2.11. The van der Waals surface area contributed by atoms with Gasteiger partial charge in [0.2, 0.25) is 0 Å². The van der Waals surface area contributed by atoms with Gasteiger partial charge in [-0.15, -0.1) is 0 Å². The molecular formula is C25H21Cl2N3O4. The van der Waals surface area contributed by atoms with Gasteiger partial charge in [-0.2, -0.15) is 0 Å². The van der Waals surface area contributed by atoms with Crippen molar-refractivity contribution in [3.63, 3.8) is 0 Å². The van der Waals surface area contributed by atoms with Crippen molar-refractivity contribution in [2.24, 2.45) is 0 Å². The number of nitrogens with one attached hydrogen (secondary N) is 3. The van der Waals surface area contributed by atoms with Crippen LogP contribution in [0.2, 0.25) is 10.0 Å². The number of ether oxygens (including phenoxy) is 1. The molecule has 0 radical (unpaired) electrons. The molecule has 1 aliphatic heterocycles. The Hall–Kier alpha value is -3.39.